The molecule has 2 N–H and O–H groups in total. The van der Waals surface area contributed by atoms with Crippen LogP contribution in [0.1, 0.15) is 18.4 Å². The number of anilines is 1. The van der Waals surface area contributed by atoms with Gasteiger partial charge in [-0.15, -0.1) is 0 Å². The summed E-state index contributed by atoms with van der Waals surface area (Å²) < 4.78 is 50.4. The minimum atomic E-state index is -3.66. The van der Waals surface area contributed by atoms with Crippen molar-refractivity contribution < 1.29 is 16.8 Å². The molecule has 21 heavy (non-hydrogen) atoms. The van der Waals surface area contributed by atoms with E-state index in [9.17, 15) is 16.8 Å². The van der Waals surface area contributed by atoms with E-state index in [0.717, 1.165) is 24.2 Å². The highest BCUT2D eigenvalue weighted by Gasteiger charge is 2.32. The molecule has 1 aromatic carbocycles. The van der Waals surface area contributed by atoms with Gasteiger partial charge in [0.05, 0.1) is 15.9 Å². The zero-order chi connectivity index (χ0) is 15.1. The smallest absolute Gasteiger partial charge is 0.240 e. The number of benzene rings is 1. The Morgan fingerprint density at radius 3 is 2.86 bits per heavy atom. The van der Waals surface area contributed by atoms with Crippen LogP contribution >= 0.6 is 0 Å². The summed E-state index contributed by atoms with van der Waals surface area (Å²) in [5, 5.41) is 2.58. The van der Waals surface area contributed by atoms with Crippen molar-refractivity contribution in [3.8, 4) is 0 Å². The van der Waals surface area contributed by atoms with Crippen LogP contribution in [-0.4, -0.2) is 40.9 Å². The fraction of sp³-hybridized carbons (Fsp3) is 0.538. The van der Waals surface area contributed by atoms with E-state index in [1.54, 1.807) is 18.2 Å². The number of nitrogens with one attached hydrogen (secondary N) is 2. The topological polar surface area (TPSA) is 92.3 Å². The molecule has 0 radical (unpaired) electrons. The molecule has 2 aliphatic rings. The largest absolute Gasteiger partial charge is 0.384 e. The first-order valence-electron chi connectivity index (χ1n) is 6.96. The van der Waals surface area contributed by atoms with E-state index in [2.05, 4.69) is 10.0 Å². The summed E-state index contributed by atoms with van der Waals surface area (Å²) in [4.78, 5) is 0.195. The SMILES string of the molecule is O=S(=O)(NCC1CCCS1(=O)=O)c1ccc2c(c1)CCN2. The maximum Gasteiger partial charge on any atom is 0.240 e. The van der Waals surface area contributed by atoms with E-state index in [1.807, 2.05) is 0 Å². The maximum absolute atomic E-state index is 12.3. The molecule has 8 heteroatoms. The van der Waals surface area contributed by atoms with Gasteiger partial charge >= 0.3 is 0 Å². The highest BCUT2D eigenvalue weighted by atomic mass is 32.2. The second kappa shape index (κ2) is 5.26. The Kier molecular flexibility index (Phi) is 3.71. The first-order valence-corrected chi connectivity index (χ1v) is 10.2. The zero-order valence-electron chi connectivity index (χ0n) is 11.5. The van der Waals surface area contributed by atoms with Gasteiger partial charge in [-0.05, 0) is 43.0 Å². The van der Waals surface area contributed by atoms with Crippen molar-refractivity contribution in [3.05, 3.63) is 23.8 Å². The first kappa shape index (κ1) is 14.8. The first-order chi connectivity index (χ1) is 9.88. The van der Waals surface area contributed by atoms with Crippen LogP contribution in [-0.2, 0) is 26.3 Å². The van der Waals surface area contributed by atoms with E-state index in [4.69, 9.17) is 0 Å². The van der Waals surface area contributed by atoms with Gasteiger partial charge in [0.15, 0.2) is 9.84 Å². The van der Waals surface area contributed by atoms with Crippen molar-refractivity contribution in [2.45, 2.75) is 29.4 Å². The highest BCUT2D eigenvalue weighted by molar-refractivity contribution is 7.92. The van der Waals surface area contributed by atoms with Crippen molar-refractivity contribution in [2.24, 2.45) is 0 Å². The third-order valence-corrected chi connectivity index (χ3v) is 7.76. The lowest BCUT2D eigenvalue weighted by Gasteiger charge is -2.12. The van der Waals surface area contributed by atoms with Crippen LogP contribution < -0.4 is 10.0 Å². The molecule has 0 spiro atoms. The standard InChI is InChI=1S/C13H18N2O4S2/c16-20(17)7-1-2-12(20)9-15-21(18,19)11-3-4-13-10(8-11)5-6-14-13/h3-4,8,12,14-15H,1-2,5-7,9H2. The Hall–Kier alpha value is -1.12. The van der Waals surface area contributed by atoms with Crippen molar-refractivity contribution in [1.82, 2.24) is 4.72 Å². The van der Waals surface area contributed by atoms with Gasteiger partial charge in [-0.25, -0.2) is 21.6 Å². The molecular formula is C13H18N2O4S2. The molecule has 0 aromatic heterocycles. The Morgan fingerprint density at radius 1 is 1.33 bits per heavy atom. The summed E-state index contributed by atoms with van der Waals surface area (Å²) in [6.07, 6.45) is 1.94. The quantitative estimate of drug-likeness (QED) is 0.839. The molecule has 1 unspecified atom stereocenters. The van der Waals surface area contributed by atoms with Crippen molar-refractivity contribution >= 4 is 25.5 Å². The molecule has 1 saturated heterocycles. The number of hydrogen-bond acceptors (Lipinski definition) is 5. The van der Waals surface area contributed by atoms with E-state index in [-0.39, 0.29) is 17.2 Å². The number of hydrogen-bond donors (Lipinski definition) is 2. The van der Waals surface area contributed by atoms with Gasteiger partial charge < -0.3 is 5.32 Å². The number of sulfone groups is 1. The average Bonchev–Trinajstić information content (AvgIpc) is 3.01. The fourth-order valence-electron chi connectivity index (χ4n) is 2.82. The van der Waals surface area contributed by atoms with Gasteiger partial charge in [0.2, 0.25) is 10.0 Å². The molecule has 0 bridgehead atoms. The van der Waals surface area contributed by atoms with Crippen molar-refractivity contribution in [2.75, 3.05) is 24.2 Å². The number of rotatable bonds is 4. The molecule has 0 aliphatic carbocycles. The van der Waals surface area contributed by atoms with Gasteiger partial charge in [-0.3, -0.25) is 0 Å². The molecular weight excluding hydrogens is 312 g/mol. The summed E-state index contributed by atoms with van der Waals surface area (Å²) in [6.45, 7) is 0.770. The van der Waals surface area contributed by atoms with E-state index >= 15 is 0 Å². The van der Waals surface area contributed by atoms with Crippen LogP contribution in [0, 0.1) is 0 Å². The molecule has 0 saturated carbocycles. The van der Waals surface area contributed by atoms with E-state index in [1.165, 1.54) is 0 Å². The number of sulfonamides is 1. The average molecular weight is 330 g/mol. The zero-order valence-corrected chi connectivity index (χ0v) is 13.1. The lowest BCUT2D eigenvalue weighted by atomic mass is 10.2. The maximum atomic E-state index is 12.3. The normalized spacial score (nSPS) is 23.7. The van der Waals surface area contributed by atoms with Gasteiger partial charge in [0.1, 0.15) is 0 Å². The predicted octanol–water partition coefficient (Wildman–Crippen LogP) is 0.510. The molecule has 1 aromatic rings. The monoisotopic (exact) mass is 330 g/mol. The summed E-state index contributed by atoms with van der Waals surface area (Å²) >= 11 is 0. The summed E-state index contributed by atoms with van der Waals surface area (Å²) in [5.41, 5.74) is 1.94. The summed E-state index contributed by atoms with van der Waals surface area (Å²) in [7, 11) is -6.80. The van der Waals surface area contributed by atoms with Crippen LogP contribution in [0.3, 0.4) is 0 Å². The fourth-order valence-corrected chi connectivity index (χ4v) is 5.82. The van der Waals surface area contributed by atoms with Gasteiger partial charge in [0.25, 0.3) is 0 Å². The molecule has 2 heterocycles. The Morgan fingerprint density at radius 2 is 2.14 bits per heavy atom. The molecule has 1 atom stereocenters. The van der Waals surface area contributed by atoms with Crippen LogP contribution in [0.25, 0.3) is 0 Å². The predicted molar refractivity (Wildman–Crippen MR) is 80.6 cm³/mol. The van der Waals surface area contributed by atoms with Gasteiger partial charge in [0, 0.05) is 18.8 Å². The van der Waals surface area contributed by atoms with Gasteiger partial charge in [-0.1, -0.05) is 0 Å². The van der Waals surface area contributed by atoms with E-state index < -0.39 is 25.1 Å². The molecule has 2 aliphatic heterocycles. The number of fused-ring (bicyclic) bond motifs is 1. The van der Waals surface area contributed by atoms with Crippen LogP contribution in [0.15, 0.2) is 23.1 Å². The molecule has 6 nitrogen and oxygen atoms in total. The van der Waals surface area contributed by atoms with Crippen LogP contribution in [0.5, 0.6) is 0 Å². The lowest BCUT2D eigenvalue weighted by molar-refractivity contribution is 0.571. The summed E-state index contributed by atoms with van der Waals surface area (Å²) in [5.74, 6) is 0.157. The third kappa shape index (κ3) is 2.93. The molecule has 3 rings (SSSR count). The Balaban J connectivity index is 1.75. The second-order valence-electron chi connectivity index (χ2n) is 5.48. The minimum Gasteiger partial charge on any atom is -0.384 e. The molecule has 1 fully saturated rings. The van der Waals surface area contributed by atoms with E-state index in [0.29, 0.717) is 12.8 Å². The molecule has 116 valence electrons. The van der Waals surface area contributed by atoms with Gasteiger partial charge in [-0.2, -0.15) is 0 Å². The highest BCUT2D eigenvalue weighted by Crippen LogP contribution is 2.25. The molecule has 0 amide bonds. The second-order valence-corrected chi connectivity index (χ2v) is 9.65. The van der Waals surface area contributed by atoms with Crippen LogP contribution in [0.2, 0.25) is 0 Å². The van der Waals surface area contributed by atoms with Crippen molar-refractivity contribution in [3.63, 3.8) is 0 Å². The Labute approximate surface area is 124 Å². The minimum absolute atomic E-state index is 0.0417. The lowest BCUT2D eigenvalue weighted by Crippen LogP contribution is -2.34. The van der Waals surface area contributed by atoms with Crippen LogP contribution in [0.4, 0.5) is 5.69 Å². The van der Waals surface area contributed by atoms with Crippen molar-refractivity contribution in [1.29, 1.82) is 0 Å². The summed E-state index contributed by atoms with van der Waals surface area (Å²) in [6, 6.07) is 4.95. The Bertz CT molecular complexity index is 756. The third-order valence-electron chi connectivity index (χ3n) is 4.06.